The average molecular weight is 226 g/mol. The molecule has 0 aliphatic heterocycles. The van der Waals surface area contributed by atoms with Gasteiger partial charge in [0.15, 0.2) is 5.89 Å². The van der Waals surface area contributed by atoms with Gasteiger partial charge in [0.1, 0.15) is 0 Å². The molecule has 0 aliphatic carbocycles. The average Bonchev–Trinajstić information content (AvgIpc) is 2.47. The van der Waals surface area contributed by atoms with Crippen molar-refractivity contribution in [3.63, 3.8) is 0 Å². The Morgan fingerprint density at radius 3 is 2.62 bits per heavy atom. The van der Waals surface area contributed by atoms with Gasteiger partial charge in [-0.2, -0.15) is 0 Å². The number of aliphatic carboxylic acids is 1. The fourth-order valence-corrected chi connectivity index (χ4v) is 1.26. The van der Waals surface area contributed by atoms with Crippen LogP contribution >= 0.6 is 0 Å². The SMILES string of the molecule is Cc1ncc(C(=O)NC(C)(C)CC(=O)O)o1. The number of carbonyl (C=O) groups excluding carboxylic acids is 1. The largest absolute Gasteiger partial charge is 0.481 e. The topological polar surface area (TPSA) is 92.4 Å². The number of aryl methyl sites for hydroxylation is 1. The molecule has 0 radical (unpaired) electrons. The molecule has 88 valence electrons. The van der Waals surface area contributed by atoms with Crippen LogP contribution in [0.25, 0.3) is 0 Å². The molecule has 0 fully saturated rings. The molecule has 0 unspecified atom stereocenters. The van der Waals surface area contributed by atoms with Crippen molar-refractivity contribution in [1.29, 1.82) is 0 Å². The second kappa shape index (κ2) is 4.34. The van der Waals surface area contributed by atoms with Crippen molar-refractivity contribution < 1.29 is 19.1 Å². The van der Waals surface area contributed by atoms with Crippen molar-refractivity contribution >= 4 is 11.9 Å². The number of amides is 1. The summed E-state index contributed by atoms with van der Waals surface area (Å²) in [6.07, 6.45) is 1.15. The summed E-state index contributed by atoms with van der Waals surface area (Å²) in [4.78, 5) is 26.0. The molecule has 6 heteroatoms. The van der Waals surface area contributed by atoms with E-state index in [9.17, 15) is 9.59 Å². The third-order valence-corrected chi connectivity index (χ3v) is 1.89. The van der Waals surface area contributed by atoms with E-state index in [0.717, 1.165) is 0 Å². The van der Waals surface area contributed by atoms with E-state index in [0.29, 0.717) is 5.89 Å². The molecule has 0 spiro atoms. The lowest BCUT2D eigenvalue weighted by Gasteiger charge is -2.23. The zero-order valence-electron chi connectivity index (χ0n) is 9.40. The van der Waals surface area contributed by atoms with Crippen molar-refractivity contribution in [1.82, 2.24) is 10.3 Å². The van der Waals surface area contributed by atoms with Gasteiger partial charge >= 0.3 is 5.97 Å². The summed E-state index contributed by atoms with van der Waals surface area (Å²) < 4.78 is 5.03. The smallest absolute Gasteiger partial charge is 0.305 e. The molecule has 0 aliphatic rings. The minimum Gasteiger partial charge on any atom is -0.481 e. The number of carbonyl (C=O) groups is 2. The first-order valence-corrected chi connectivity index (χ1v) is 4.77. The number of oxazole rings is 1. The quantitative estimate of drug-likeness (QED) is 0.797. The molecule has 1 amide bonds. The zero-order valence-corrected chi connectivity index (χ0v) is 9.40. The lowest BCUT2D eigenvalue weighted by Crippen LogP contribution is -2.44. The molecule has 1 aromatic heterocycles. The monoisotopic (exact) mass is 226 g/mol. The first kappa shape index (κ1) is 12.2. The van der Waals surface area contributed by atoms with E-state index in [-0.39, 0.29) is 12.2 Å². The van der Waals surface area contributed by atoms with Crippen LogP contribution in [-0.2, 0) is 4.79 Å². The fourth-order valence-electron chi connectivity index (χ4n) is 1.26. The van der Waals surface area contributed by atoms with E-state index in [1.165, 1.54) is 6.20 Å². The first-order chi connectivity index (χ1) is 7.30. The maximum absolute atomic E-state index is 11.6. The summed E-state index contributed by atoms with van der Waals surface area (Å²) in [5, 5.41) is 11.2. The summed E-state index contributed by atoms with van der Waals surface area (Å²) in [5.74, 6) is -0.969. The zero-order chi connectivity index (χ0) is 12.3. The summed E-state index contributed by atoms with van der Waals surface area (Å²) >= 11 is 0. The molecular weight excluding hydrogens is 212 g/mol. The summed E-state index contributed by atoms with van der Waals surface area (Å²) in [5.41, 5.74) is -0.830. The van der Waals surface area contributed by atoms with E-state index in [4.69, 9.17) is 9.52 Å². The van der Waals surface area contributed by atoms with Crippen LogP contribution in [0.2, 0.25) is 0 Å². The molecule has 2 N–H and O–H groups in total. The Hall–Kier alpha value is -1.85. The number of nitrogens with one attached hydrogen (secondary N) is 1. The molecule has 16 heavy (non-hydrogen) atoms. The molecule has 0 bridgehead atoms. The molecular formula is C10H14N2O4. The van der Waals surface area contributed by atoms with Crippen LogP contribution in [0.4, 0.5) is 0 Å². The normalized spacial score (nSPS) is 11.2. The minimum absolute atomic E-state index is 0.0796. The van der Waals surface area contributed by atoms with Crippen LogP contribution < -0.4 is 5.32 Å². The Morgan fingerprint density at radius 1 is 1.56 bits per heavy atom. The van der Waals surface area contributed by atoms with E-state index in [1.807, 2.05) is 0 Å². The maximum Gasteiger partial charge on any atom is 0.305 e. The predicted octanol–water partition coefficient (Wildman–Crippen LogP) is 0.966. The second-order valence-electron chi connectivity index (χ2n) is 4.15. The highest BCUT2D eigenvalue weighted by molar-refractivity contribution is 5.92. The molecule has 0 saturated heterocycles. The summed E-state index contributed by atoms with van der Waals surface area (Å²) in [6.45, 7) is 4.88. The Kier molecular flexibility index (Phi) is 3.31. The molecule has 0 aromatic carbocycles. The van der Waals surface area contributed by atoms with Gasteiger partial charge in [0, 0.05) is 12.5 Å². The third-order valence-electron chi connectivity index (χ3n) is 1.89. The van der Waals surface area contributed by atoms with Crippen molar-refractivity contribution in [2.75, 3.05) is 0 Å². The Labute approximate surface area is 92.7 Å². The van der Waals surface area contributed by atoms with Crippen LogP contribution in [0.1, 0.15) is 36.7 Å². The maximum atomic E-state index is 11.6. The lowest BCUT2D eigenvalue weighted by molar-refractivity contribution is -0.138. The molecule has 1 aromatic rings. The third kappa shape index (κ3) is 3.38. The van der Waals surface area contributed by atoms with E-state index in [1.54, 1.807) is 20.8 Å². The van der Waals surface area contributed by atoms with Crippen LogP contribution in [0.5, 0.6) is 0 Å². The minimum atomic E-state index is -0.973. The standard InChI is InChI=1S/C10H14N2O4/c1-6-11-5-7(16-6)9(15)12-10(2,3)4-8(13)14/h5H,4H2,1-3H3,(H,12,15)(H,13,14). The van der Waals surface area contributed by atoms with Gasteiger partial charge in [0.25, 0.3) is 5.91 Å². The molecule has 0 atom stereocenters. The molecule has 0 saturated carbocycles. The van der Waals surface area contributed by atoms with Crippen LogP contribution in [0.3, 0.4) is 0 Å². The Bertz CT molecular complexity index is 409. The number of rotatable bonds is 4. The van der Waals surface area contributed by atoms with E-state index < -0.39 is 17.4 Å². The van der Waals surface area contributed by atoms with Gasteiger partial charge in [0.2, 0.25) is 5.76 Å². The van der Waals surface area contributed by atoms with Gasteiger partial charge in [-0.05, 0) is 13.8 Å². The van der Waals surface area contributed by atoms with E-state index in [2.05, 4.69) is 10.3 Å². The Balaban J connectivity index is 2.67. The fraction of sp³-hybridized carbons (Fsp3) is 0.500. The number of carboxylic acid groups (broad SMARTS) is 1. The first-order valence-electron chi connectivity index (χ1n) is 4.77. The summed E-state index contributed by atoms with van der Waals surface area (Å²) in [7, 11) is 0. The van der Waals surface area contributed by atoms with Crippen LogP contribution in [0.15, 0.2) is 10.6 Å². The number of hydrogen-bond acceptors (Lipinski definition) is 4. The Morgan fingerprint density at radius 2 is 2.19 bits per heavy atom. The van der Waals surface area contributed by atoms with Gasteiger partial charge in [0.05, 0.1) is 12.6 Å². The van der Waals surface area contributed by atoms with Crippen molar-refractivity contribution in [3.8, 4) is 0 Å². The number of hydrogen-bond donors (Lipinski definition) is 2. The van der Waals surface area contributed by atoms with Crippen molar-refractivity contribution in [2.45, 2.75) is 32.7 Å². The van der Waals surface area contributed by atoms with Gasteiger partial charge in [-0.25, -0.2) is 4.98 Å². The van der Waals surface area contributed by atoms with E-state index >= 15 is 0 Å². The number of carboxylic acids is 1. The van der Waals surface area contributed by atoms with Gasteiger partial charge in [-0.15, -0.1) is 0 Å². The number of nitrogens with zero attached hydrogens (tertiary/aromatic N) is 1. The molecule has 6 nitrogen and oxygen atoms in total. The second-order valence-corrected chi connectivity index (χ2v) is 4.15. The lowest BCUT2D eigenvalue weighted by atomic mass is 10.0. The molecule has 1 heterocycles. The van der Waals surface area contributed by atoms with Gasteiger partial charge < -0.3 is 14.8 Å². The van der Waals surface area contributed by atoms with Crippen LogP contribution in [0, 0.1) is 6.92 Å². The number of aromatic nitrogens is 1. The highest BCUT2D eigenvalue weighted by atomic mass is 16.4. The summed E-state index contributed by atoms with van der Waals surface area (Å²) in [6, 6.07) is 0. The highest BCUT2D eigenvalue weighted by Crippen LogP contribution is 2.10. The predicted molar refractivity (Wildman–Crippen MR) is 55.0 cm³/mol. The molecule has 1 rings (SSSR count). The van der Waals surface area contributed by atoms with Gasteiger partial charge in [-0.1, -0.05) is 0 Å². The van der Waals surface area contributed by atoms with Crippen molar-refractivity contribution in [3.05, 3.63) is 17.8 Å². The van der Waals surface area contributed by atoms with Gasteiger partial charge in [-0.3, -0.25) is 9.59 Å². The highest BCUT2D eigenvalue weighted by Gasteiger charge is 2.25. The van der Waals surface area contributed by atoms with Crippen LogP contribution in [-0.4, -0.2) is 27.5 Å². The van der Waals surface area contributed by atoms with Crippen molar-refractivity contribution in [2.24, 2.45) is 0 Å².